The summed E-state index contributed by atoms with van der Waals surface area (Å²) in [5, 5.41) is 7.32. The fourth-order valence-electron chi connectivity index (χ4n) is 0.437. The largest absolute Gasteiger partial charge is 0.484 e. The van der Waals surface area contributed by atoms with Gasteiger partial charge in [-0.15, -0.1) is 12.4 Å². The van der Waals surface area contributed by atoms with Gasteiger partial charge in [0.25, 0.3) is 0 Å². The normalized spacial score (nSPS) is 10.0. The average Bonchev–Trinajstić information content (AvgIpc) is 1.86. The molecule has 0 saturated carbocycles. The van der Waals surface area contributed by atoms with Crippen LogP contribution >= 0.6 is 12.4 Å². The molecule has 62 valence electrons. The van der Waals surface area contributed by atoms with Crippen molar-refractivity contribution in [3.8, 4) is 0 Å². The molecule has 0 amide bonds. The van der Waals surface area contributed by atoms with Crippen molar-refractivity contribution in [2.75, 3.05) is 7.11 Å². The van der Waals surface area contributed by atoms with E-state index in [0.717, 1.165) is 6.42 Å². The Morgan fingerprint density at radius 2 is 1.90 bits per heavy atom. The number of hydrogen-bond acceptors (Lipinski definition) is 2. The topological polar surface area (TPSA) is 33.1 Å². The second-order valence-electron chi connectivity index (χ2n) is 2.77. The van der Waals surface area contributed by atoms with E-state index in [1.807, 2.05) is 20.8 Å². The molecule has 0 aromatic rings. The van der Waals surface area contributed by atoms with Gasteiger partial charge in [-0.25, -0.2) is 0 Å². The molecule has 0 saturated heterocycles. The lowest BCUT2D eigenvalue weighted by Gasteiger charge is -2.21. The third kappa shape index (κ3) is 3.06. The zero-order chi connectivity index (χ0) is 7.49. The number of hydrogen-bond donors (Lipinski definition) is 1. The van der Waals surface area contributed by atoms with Crippen LogP contribution in [-0.4, -0.2) is 13.0 Å². The van der Waals surface area contributed by atoms with Crippen molar-refractivity contribution >= 4 is 18.3 Å². The van der Waals surface area contributed by atoms with Crippen molar-refractivity contribution in [1.29, 1.82) is 5.41 Å². The average molecular weight is 166 g/mol. The second kappa shape index (κ2) is 4.56. The summed E-state index contributed by atoms with van der Waals surface area (Å²) in [6.07, 6.45) is 0.944. The minimum atomic E-state index is -0.0885. The van der Waals surface area contributed by atoms with E-state index in [-0.39, 0.29) is 17.8 Å². The van der Waals surface area contributed by atoms with Gasteiger partial charge in [0.05, 0.1) is 7.11 Å². The molecule has 0 aliphatic carbocycles. The Labute approximate surface area is 68.9 Å². The number of halogens is 1. The Morgan fingerprint density at radius 3 is 2.00 bits per heavy atom. The van der Waals surface area contributed by atoms with Gasteiger partial charge in [-0.1, -0.05) is 20.8 Å². The van der Waals surface area contributed by atoms with Crippen molar-refractivity contribution in [2.24, 2.45) is 5.41 Å². The Balaban J connectivity index is 0. The molecule has 0 heterocycles. The lowest BCUT2D eigenvalue weighted by molar-refractivity contribution is 0.314. The van der Waals surface area contributed by atoms with Gasteiger partial charge in [0.1, 0.15) is 0 Å². The predicted molar refractivity (Wildman–Crippen MR) is 46.1 cm³/mol. The molecule has 0 aliphatic heterocycles. The maximum Gasteiger partial charge on any atom is 0.185 e. The molecule has 2 nitrogen and oxygen atoms in total. The lowest BCUT2D eigenvalue weighted by atomic mass is 9.90. The summed E-state index contributed by atoms with van der Waals surface area (Å²) in [6, 6.07) is 0. The highest BCUT2D eigenvalue weighted by Crippen LogP contribution is 2.20. The molecule has 1 N–H and O–H groups in total. The van der Waals surface area contributed by atoms with Crippen LogP contribution in [0.3, 0.4) is 0 Å². The van der Waals surface area contributed by atoms with Crippen molar-refractivity contribution < 1.29 is 4.74 Å². The molecule has 0 spiro atoms. The standard InChI is InChI=1S/C7H15NO.ClH/c1-5-7(2,3)6(8)9-4;/h8H,5H2,1-4H3;1H. The van der Waals surface area contributed by atoms with E-state index in [1.165, 1.54) is 0 Å². The molecular weight excluding hydrogens is 150 g/mol. The van der Waals surface area contributed by atoms with Crippen LogP contribution < -0.4 is 0 Å². The first kappa shape index (κ1) is 12.4. The molecule has 0 fully saturated rings. The summed E-state index contributed by atoms with van der Waals surface area (Å²) in [7, 11) is 1.54. The van der Waals surface area contributed by atoms with E-state index >= 15 is 0 Å². The van der Waals surface area contributed by atoms with Crippen LogP contribution in [0.5, 0.6) is 0 Å². The first-order valence-corrected chi connectivity index (χ1v) is 3.17. The smallest absolute Gasteiger partial charge is 0.185 e. The maximum absolute atomic E-state index is 7.32. The summed E-state index contributed by atoms with van der Waals surface area (Å²) in [4.78, 5) is 0. The Kier molecular flexibility index (Phi) is 5.67. The number of ether oxygens (including phenoxy) is 1. The Hall–Kier alpha value is -0.240. The zero-order valence-corrected chi connectivity index (χ0v) is 7.84. The van der Waals surface area contributed by atoms with Crippen LogP contribution in [0.1, 0.15) is 27.2 Å². The quantitative estimate of drug-likeness (QED) is 0.495. The summed E-state index contributed by atoms with van der Waals surface area (Å²) < 4.78 is 4.79. The van der Waals surface area contributed by atoms with E-state index in [2.05, 4.69) is 0 Å². The molecular formula is C7H16ClNO. The van der Waals surface area contributed by atoms with Crippen LogP contribution in [0.15, 0.2) is 0 Å². The van der Waals surface area contributed by atoms with Gasteiger partial charge in [0.15, 0.2) is 5.90 Å². The second-order valence-corrected chi connectivity index (χ2v) is 2.77. The van der Waals surface area contributed by atoms with E-state index in [1.54, 1.807) is 7.11 Å². The first-order valence-electron chi connectivity index (χ1n) is 3.17. The maximum atomic E-state index is 7.32. The number of rotatable bonds is 2. The van der Waals surface area contributed by atoms with E-state index in [9.17, 15) is 0 Å². The van der Waals surface area contributed by atoms with Crippen LogP contribution in [0, 0.1) is 10.8 Å². The first-order chi connectivity index (χ1) is 4.04. The minimum Gasteiger partial charge on any atom is -0.484 e. The SMILES string of the molecule is CCC(C)(C)C(=N)OC.Cl. The van der Waals surface area contributed by atoms with Gasteiger partial charge >= 0.3 is 0 Å². The fourth-order valence-corrected chi connectivity index (χ4v) is 0.437. The molecule has 3 heteroatoms. The van der Waals surface area contributed by atoms with Crippen molar-refractivity contribution in [1.82, 2.24) is 0 Å². The van der Waals surface area contributed by atoms with E-state index in [0.29, 0.717) is 5.90 Å². The molecule has 0 aromatic carbocycles. The summed E-state index contributed by atoms with van der Waals surface area (Å²) >= 11 is 0. The van der Waals surface area contributed by atoms with Gasteiger partial charge in [-0.05, 0) is 6.42 Å². The van der Waals surface area contributed by atoms with Crippen molar-refractivity contribution in [3.05, 3.63) is 0 Å². The Bertz CT molecular complexity index is 112. The molecule has 10 heavy (non-hydrogen) atoms. The fraction of sp³-hybridized carbons (Fsp3) is 0.857. The lowest BCUT2D eigenvalue weighted by Crippen LogP contribution is -2.23. The summed E-state index contributed by atoms with van der Waals surface area (Å²) in [5.74, 6) is 0.366. The van der Waals surface area contributed by atoms with Gasteiger partial charge in [-0.2, -0.15) is 0 Å². The highest BCUT2D eigenvalue weighted by molar-refractivity contribution is 5.85. The van der Waals surface area contributed by atoms with Gasteiger partial charge in [-0.3, -0.25) is 5.41 Å². The van der Waals surface area contributed by atoms with Gasteiger partial charge in [0.2, 0.25) is 0 Å². The third-order valence-corrected chi connectivity index (χ3v) is 1.70. The zero-order valence-electron chi connectivity index (χ0n) is 7.02. The number of nitrogens with one attached hydrogen (secondary N) is 1. The van der Waals surface area contributed by atoms with Crippen molar-refractivity contribution in [3.63, 3.8) is 0 Å². The molecule has 0 atom stereocenters. The van der Waals surface area contributed by atoms with Crippen LogP contribution in [-0.2, 0) is 4.74 Å². The van der Waals surface area contributed by atoms with Crippen LogP contribution in [0.4, 0.5) is 0 Å². The molecule has 0 unspecified atom stereocenters. The van der Waals surface area contributed by atoms with E-state index < -0.39 is 0 Å². The van der Waals surface area contributed by atoms with Gasteiger partial charge in [0, 0.05) is 5.41 Å². The molecule has 0 rings (SSSR count). The molecule has 0 bridgehead atoms. The van der Waals surface area contributed by atoms with Crippen molar-refractivity contribution in [2.45, 2.75) is 27.2 Å². The van der Waals surface area contributed by atoms with E-state index in [4.69, 9.17) is 10.1 Å². The third-order valence-electron chi connectivity index (χ3n) is 1.70. The monoisotopic (exact) mass is 165 g/mol. The molecule has 0 radical (unpaired) electrons. The molecule has 0 aromatic heterocycles. The van der Waals surface area contributed by atoms with Crippen LogP contribution in [0.2, 0.25) is 0 Å². The minimum absolute atomic E-state index is 0. The van der Waals surface area contributed by atoms with Gasteiger partial charge < -0.3 is 4.74 Å². The highest BCUT2D eigenvalue weighted by atomic mass is 35.5. The number of methoxy groups -OCH3 is 1. The highest BCUT2D eigenvalue weighted by Gasteiger charge is 2.21. The molecule has 0 aliphatic rings. The Morgan fingerprint density at radius 1 is 1.50 bits per heavy atom. The predicted octanol–water partition coefficient (Wildman–Crippen LogP) is 2.47. The van der Waals surface area contributed by atoms with Crippen LogP contribution in [0.25, 0.3) is 0 Å². The summed E-state index contributed by atoms with van der Waals surface area (Å²) in [6.45, 7) is 6.05. The summed E-state index contributed by atoms with van der Waals surface area (Å²) in [5.41, 5.74) is -0.0885.